The highest BCUT2D eigenvalue weighted by Crippen LogP contribution is 2.54. The molecule has 1 aliphatic carbocycles. The van der Waals surface area contributed by atoms with E-state index in [4.69, 9.17) is 4.74 Å². The van der Waals surface area contributed by atoms with Gasteiger partial charge in [-0.05, 0) is 48.6 Å². The van der Waals surface area contributed by atoms with Crippen LogP contribution in [0.15, 0.2) is 42.5 Å². The highest BCUT2D eigenvalue weighted by atomic mass is 16.5. The van der Waals surface area contributed by atoms with Gasteiger partial charge in [-0.25, -0.2) is 4.79 Å². The molecule has 0 radical (unpaired) electrons. The maximum atomic E-state index is 13.0. The number of hydrogen-bond acceptors (Lipinski definition) is 4. The number of para-hydroxylation sites is 1. The zero-order chi connectivity index (χ0) is 19.0. The third-order valence-electron chi connectivity index (χ3n) is 5.79. The third kappa shape index (κ3) is 3.07. The number of anilines is 1. The lowest BCUT2D eigenvalue weighted by molar-refractivity contribution is 0.0600. The summed E-state index contributed by atoms with van der Waals surface area (Å²) in [5.41, 5.74) is 4.72. The van der Waals surface area contributed by atoms with Gasteiger partial charge in [0.25, 0.3) is 5.91 Å². The molecular weight excluding hydrogens is 340 g/mol. The fraction of sp³-hybridized carbons (Fsp3) is 0.364. The Kier molecular flexibility index (Phi) is 4.38. The maximum absolute atomic E-state index is 13.0. The van der Waals surface area contributed by atoms with E-state index in [1.165, 1.54) is 25.5 Å². The summed E-state index contributed by atoms with van der Waals surface area (Å²) in [6.45, 7) is 2.96. The zero-order valence-corrected chi connectivity index (χ0v) is 15.7. The number of rotatable bonds is 5. The highest BCUT2D eigenvalue weighted by molar-refractivity contribution is 6.01. The molecule has 27 heavy (non-hydrogen) atoms. The van der Waals surface area contributed by atoms with Crippen molar-refractivity contribution in [1.29, 1.82) is 0 Å². The molecule has 2 aromatic rings. The van der Waals surface area contributed by atoms with E-state index in [1.54, 1.807) is 12.1 Å². The summed E-state index contributed by atoms with van der Waals surface area (Å²) in [5.74, 6) is -0.431. The summed E-state index contributed by atoms with van der Waals surface area (Å²) in [4.78, 5) is 24.6. The first-order valence-corrected chi connectivity index (χ1v) is 9.44. The van der Waals surface area contributed by atoms with Crippen LogP contribution in [0, 0.1) is 0 Å². The van der Waals surface area contributed by atoms with Crippen molar-refractivity contribution in [1.82, 2.24) is 5.32 Å². The Hall–Kier alpha value is -2.82. The minimum atomic E-state index is -0.362. The maximum Gasteiger partial charge on any atom is 0.337 e. The molecule has 1 unspecified atom stereocenters. The van der Waals surface area contributed by atoms with Gasteiger partial charge in [-0.15, -0.1) is 0 Å². The van der Waals surface area contributed by atoms with Crippen molar-refractivity contribution in [2.45, 2.75) is 37.6 Å². The first kappa shape index (κ1) is 17.6. The van der Waals surface area contributed by atoms with Crippen LogP contribution in [0.1, 0.15) is 64.1 Å². The Balaban J connectivity index is 1.53. The van der Waals surface area contributed by atoms with Crippen LogP contribution in [0.4, 0.5) is 5.69 Å². The first-order chi connectivity index (χ1) is 13.1. The lowest BCUT2D eigenvalue weighted by Crippen LogP contribution is -2.28. The van der Waals surface area contributed by atoms with Gasteiger partial charge in [0.15, 0.2) is 0 Å². The van der Waals surface area contributed by atoms with Crippen LogP contribution < -0.4 is 10.6 Å². The number of carbonyl (C=O) groups is 2. The van der Waals surface area contributed by atoms with Crippen molar-refractivity contribution < 1.29 is 14.3 Å². The minimum Gasteiger partial charge on any atom is -0.465 e. The topological polar surface area (TPSA) is 67.4 Å². The molecule has 1 fully saturated rings. The number of fused-ring (bicyclic) bond motifs is 2. The molecular formula is C22H24N2O3. The number of esters is 1. The number of methoxy groups -OCH3 is 1. The van der Waals surface area contributed by atoms with Crippen molar-refractivity contribution in [3.05, 3.63) is 64.7 Å². The number of nitrogens with one attached hydrogen (secondary N) is 2. The van der Waals surface area contributed by atoms with E-state index in [0.29, 0.717) is 11.1 Å². The lowest BCUT2D eigenvalue weighted by atomic mass is 9.96. The van der Waals surface area contributed by atoms with Gasteiger partial charge in [-0.3, -0.25) is 4.79 Å². The summed E-state index contributed by atoms with van der Waals surface area (Å²) < 4.78 is 4.73. The average molecular weight is 364 g/mol. The summed E-state index contributed by atoms with van der Waals surface area (Å²) in [6, 6.07) is 13.1. The molecule has 1 aliphatic heterocycles. The van der Waals surface area contributed by atoms with Gasteiger partial charge in [-0.1, -0.05) is 31.2 Å². The smallest absolute Gasteiger partial charge is 0.337 e. The van der Waals surface area contributed by atoms with E-state index in [9.17, 15) is 9.59 Å². The van der Waals surface area contributed by atoms with Crippen molar-refractivity contribution >= 4 is 17.6 Å². The summed E-state index contributed by atoms with van der Waals surface area (Å²) in [5, 5.41) is 6.59. The number of amides is 1. The van der Waals surface area contributed by atoms with E-state index >= 15 is 0 Å². The average Bonchev–Trinajstić information content (AvgIpc) is 3.41. The monoisotopic (exact) mass is 364 g/mol. The Morgan fingerprint density at radius 2 is 1.93 bits per heavy atom. The normalized spacial score (nSPS) is 17.0. The molecule has 1 saturated carbocycles. The SMILES string of the molecule is CCC(NC(=O)c1cccc2c1NCC21CC1)c1ccc(C(=O)OC)cc1. The molecule has 140 valence electrons. The molecule has 0 aromatic heterocycles. The van der Waals surface area contributed by atoms with E-state index in [2.05, 4.69) is 16.7 Å². The predicted octanol–water partition coefficient (Wildman–Crippen LogP) is 3.81. The fourth-order valence-corrected chi connectivity index (χ4v) is 3.95. The number of benzene rings is 2. The predicted molar refractivity (Wildman–Crippen MR) is 104 cm³/mol. The molecule has 2 aliphatic rings. The second-order valence-electron chi connectivity index (χ2n) is 7.41. The molecule has 2 aromatic carbocycles. The van der Waals surface area contributed by atoms with E-state index in [0.717, 1.165) is 24.2 Å². The van der Waals surface area contributed by atoms with Crippen LogP contribution >= 0.6 is 0 Å². The second-order valence-corrected chi connectivity index (χ2v) is 7.41. The molecule has 1 atom stereocenters. The largest absolute Gasteiger partial charge is 0.465 e. The molecule has 4 rings (SSSR count). The van der Waals surface area contributed by atoms with Crippen molar-refractivity contribution in [3.8, 4) is 0 Å². The molecule has 0 bridgehead atoms. The summed E-state index contributed by atoms with van der Waals surface area (Å²) in [7, 11) is 1.36. The molecule has 5 nitrogen and oxygen atoms in total. The highest BCUT2D eigenvalue weighted by Gasteiger charge is 2.49. The Bertz CT molecular complexity index is 885. The van der Waals surface area contributed by atoms with Crippen LogP contribution in [0.5, 0.6) is 0 Å². The van der Waals surface area contributed by atoms with Crippen LogP contribution in [0.2, 0.25) is 0 Å². The second kappa shape index (κ2) is 6.72. The first-order valence-electron chi connectivity index (χ1n) is 9.44. The number of carbonyl (C=O) groups excluding carboxylic acids is 2. The summed E-state index contributed by atoms with van der Waals surface area (Å²) in [6.07, 6.45) is 3.15. The molecule has 1 heterocycles. The van der Waals surface area contributed by atoms with Crippen LogP contribution in [0.3, 0.4) is 0 Å². The molecule has 1 spiro atoms. The summed E-state index contributed by atoms with van der Waals surface area (Å²) >= 11 is 0. The van der Waals surface area contributed by atoms with Gasteiger partial charge in [0, 0.05) is 12.0 Å². The van der Waals surface area contributed by atoms with Gasteiger partial charge in [0.2, 0.25) is 0 Å². The third-order valence-corrected chi connectivity index (χ3v) is 5.79. The molecule has 0 saturated heterocycles. The number of ether oxygens (including phenoxy) is 1. The Morgan fingerprint density at radius 3 is 2.56 bits per heavy atom. The van der Waals surface area contributed by atoms with Gasteiger partial charge in [0.1, 0.15) is 0 Å². The van der Waals surface area contributed by atoms with Crippen LogP contribution in [-0.2, 0) is 10.2 Å². The van der Waals surface area contributed by atoms with Gasteiger partial charge >= 0.3 is 5.97 Å². The fourth-order valence-electron chi connectivity index (χ4n) is 3.95. The molecule has 2 N–H and O–H groups in total. The van der Waals surface area contributed by atoms with Gasteiger partial charge < -0.3 is 15.4 Å². The van der Waals surface area contributed by atoms with Crippen molar-refractivity contribution in [3.63, 3.8) is 0 Å². The van der Waals surface area contributed by atoms with Crippen LogP contribution in [0.25, 0.3) is 0 Å². The van der Waals surface area contributed by atoms with Crippen molar-refractivity contribution in [2.24, 2.45) is 0 Å². The van der Waals surface area contributed by atoms with E-state index in [1.807, 2.05) is 31.2 Å². The van der Waals surface area contributed by atoms with E-state index in [-0.39, 0.29) is 23.3 Å². The lowest BCUT2D eigenvalue weighted by Gasteiger charge is -2.19. The van der Waals surface area contributed by atoms with Crippen LogP contribution in [-0.4, -0.2) is 25.5 Å². The number of hydrogen-bond donors (Lipinski definition) is 2. The Morgan fingerprint density at radius 1 is 1.19 bits per heavy atom. The standard InChI is InChI=1S/C22H24N2O3/c1-3-18(14-7-9-15(10-8-14)21(26)27-2)24-20(25)16-5-4-6-17-19(16)23-13-22(17)11-12-22/h4-10,18,23H,3,11-13H2,1-2H3,(H,24,25). The quantitative estimate of drug-likeness (QED) is 0.792. The zero-order valence-electron chi connectivity index (χ0n) is 15.7. The van der Waals surface area contributed by atoms with Gasteiger partial charge in [0.05, 0.1) is 30.0 Å². The van der Waals surface area contributed by atoms with E-state index < -0.39 is 0 Å². The Labute approximate surface area is 159 Å². The van der Waals surface area contributed by atoms with Crippen molar-refractivity contribution in [2.75, 3.05) is 19.0 Å². The van der Waals surface area contributed by atoms with Gasteiger partial charge in [-0.2, -0.15) is 0 Å². The molecule has 5 heteroatoms. The molecule has 1 amide bonds. The minimum absolute atomic E-state index is 0.0686.